The fraction of sp³-hybridized carbons (Fsp3) is 0.263. The van der Waals surface area contributed by atoms with Crippen LogP contribution in [-0.4, -0.2) is 41.8 Å². The molecular weight excluding hydrogens is 353 g/mol. The zero-order chi connectivity index (χ0) is 19.2. The number of halogens is 1. The van der Waals surface area contributed by atoms with E-state index in [9.17, 15) is 14.0 Å². The fourth-order valence-electron chi connectivity index (χ4n) is 2.77. The average Bonchev–Trinajstić information content (AvgIpc) is 2.68. The molecule has 8 heteroatoms. The third kappa shape index (κ3) is 5.18. The van der Waals surface area contributed by atoms with E-state index in [1.165, 1.54) is 17.0 Å². The van der Waals surface area contributed by atoms with E-state index in [-0.39, 0.29) is 31.0 Å². The lowest BCUT2D eigenvalue weighted by Gasteiger charge is -2.31. The summed E-state index contributed by atoms with van der Waals surface area (Å²) in [5.41, 5.74) is 2.24. The van der Waals surface area contributed by atoms with Crippen LogP contribution in [-0.2, 0) is 11.3 Å². The van der Waals surface area contributed by atoms with Crippen molar-refractivity contribution in [2.24, 2.45) is 0 Å². The molecule has 1 saturated heterocycles. The summed E-state index contributed by atoms with van der Waals surface area (Å²) in [6.45, 7) is 1.27. The SMILES string of the molecule is O=C(NCc1ccc(F)cc1)Nc1ccc(C2CN(C(=O)O)CCO2)cc1. The molecule has 27 heavy (non-hydrogen) atoms. The molecule has 3 rings (SSSR count). The molecule has 1 unspecified atom stereocenters. The average molecular weight is 373 g/mol. The molecule has 3 N–H and O–H groups in total. The summed E-state index contributed by atoms with van der Waals surface area (Å²) in [6, 6.07) is 12.6. The van der Waals surface area contributed by atoms with Crippen molar-refractivity contribution in [2.45, 2.75) is 12.6 Å². The quantitative estimate of drug-likeness (QED) is 0.768. The molecule has 1 aliphatic heterocycles. The third-order valence-electron chi connectivity index (χ3n) is 4.24. The van der Waals surface area contributed by atoms with E-state index in [0.29, 0.717) is 18.8 Å². The third-order valence-corrected chi connectivity index (χ3v) is 4.24. The molecule has 0 bridgehead atoms. The zero-order valence-electron chi connectivity index (χ0n) is 14.5. The van der Waals surface area contributed by atoms with Crippen molar-refractivity contribution in [3.05, 3.63) is 65.5 Å². The highest BCUT2D eigenvalue weighted by Crippen LogP contribution is 2.23. The number of carbonyl (C=O) groups excluding carboxylic acids is 1. The van der Waals surface area contributed by atoms with Gasteiger partial charge in [-0.3, -0.25) is 0 Å². The Bertz CT molecular complexity index is 796. The minimum absolute atomic E-state index is 0.278. The van der Waals surface area contributed by atoms with Gasteiger partial charge in [-0.1, -0.05) is 24.3 Å². The second-order valence-corrected chi connectivity index (χ2v) is 6.14. The minimum atomic E-state index is -0.959. The molecule has 0 saturated carbocycles. The van der Waals surface area contributed by atoms with E-state index in [2.05, 4.69) is 10.6 Å². The Kier molecular flexibility index (Phi) is 5.87. The van der Waals surface area contributed by atoms with E-state index < -0.39 is 6.09 Å². The first-order valence-corrected chi connectivity index (χ1v) is 8.50. The van der Waals surface area contributed by atoms with Gasteiger partial charge in [0, 0.05) is 18.8 Å². The van der Waals surface area contributed by atoms with E-state index in [1.807, 2.05) is 0 Å². The Morgan fingerprint density at radius 2 is 1.85 bits per heavy atom. The maximum Gasteiger partial charge on any atom is 0.407 e. The molecule has 1 fully saturated rings. The van der Waals surface area contributed by atoms with Gasteiger partial charge >= 0.3 is 12.1 Å². The van der Waals surface area contributed by atoms with Gasteiger partial charge in [-0.25, -0.2) is 14.0 Å². The lowest BCUT2D eigenvalue weighted by atomic mass is 10.1. The molecule has 0 spiro atoms. The number of hydrogen-bond acceptors (Lipinski definition) is 3. The number of hydrogen-bond donors (Lipinski definition) is 3. The normalized spacial score (nSPS) is 16.6. The monoisotopic (exact) mass is 373 g/mol. The van der Waals surface area contributed by atoms with Gasteiger partial charge in [0.05, 0.1) is 13.2 Å². The highest BCUT2D eigenvalue weighted by Gasteiger charge is 2.24. The van der Waals surface area contributed by atoms with Crippen LogP contribution in [0.3, 0.4) is 0 Å². The lowest BCUT2D eigenvalue weighted by Crippen LogP contribution is -2.41. The second kappa shape index (κ2) is 8.50. The lowest BCUT2D eigenvalue weighted by molar-refractivity contribution is -0.0231. The summed E-state index contributed by atoms with van der Waals surface area (Å²) < 4.78 is 18.5. The van der Waals surface area contributed by atoms with Gasteiger partial charge in [0.1, 0.15) is 11.9 Å². The summed E-state index contributed by atoms with van der Waals surface area (Å²) in [5, 5.41) is 14.5. The number of amides is 3. The van der Waals surface area contributed by atoms with Gasteiger partial charge < -0.3 is 25.4 Å². The fourth-order valence-corrected chi connectivity index (χ4v) is 2.77. The Morgan fingerprint density at radius 1 is 1.15 bits per heavy atom. The standard InChI is InChI=1S/C19H20FN3O4/c20-15-5-1-13(2-6-15)11-21-18(24)22-16-7-3-14(4-8-16)17-12-23(19(25)26)9-10-27-17/h1-8,17H,9-12H2,(H,25,26)(H2,21,22,24). The van der Waals surface area contributed by atoms with E-state index in [0.717, 1.165) is 11.1 Å². The van der Waals surface area contributed by atoms with Crippen molar-refractivity contribution in [3.63, 3.8) is 0 Å². The summed E-state index contributed by atoms with van der Waals surface area (Å²) in [7, 11) is 0. The van der Waals surface area contributed by atoms with Crippen molar-refractivity contribution in [1.82, 2.24) is 10.2 Å². The van der Waals surface area contributed by atoms with Crippen molar-refractivity contribution in [3.8, 4) is 0 Å². The molecule has 2 aromatic rings. The number of nitrogens with zero attached hydrogens (tertiary/aromatic N) is 1. The number of anilines is 1. The summed E-state index contributed by atoms with van der Waals surface area (Å²) in [5.74, 6) is -0.322. The molecule has 3 amide bonds. The van der Waals surface area contributed by atoms with Gasteiger partial charge in [0.2, 0.25) is 0 Å². The zero-order valence-corrected chi connectivity index (χ0v) is 14.5. The summed E-state index contributed by atoms with van der Waals surface area (Å²) in [6.07, 6.45) is -1.28. The predicted octanol–water partition coefficient (Wildman–Crippen LogP) is 3.20. The van der Waals surface area contributed by atoms with Crippen LogP contribution in [0.1, 0.15) is 17.2 Å². The van der Waals surface area contributed by atoms with Crippen LogP contribution in [0.2, 0.25) is 0 Å². The highest BCUT2D eigenvalue weighted by atomic mass is 19.1. The minimum Gasteiger partial charge on any atom is -0.465 e. The van der Waals surface area contributed by atoms with Crippen LogP contribution >= 0.6 is 0 Å². The Morgan fingerprint density at radius 3 is 2.52 bits per heavy atom. The second-order valence-electron chi connectivity index (χ2n) is 6.14. The van der Waals surface area contributed by atoms with Crippen LogP contribution < -0.4 is 10.6 Å². The van der Waals surface area contributed by atoms with Gasteiger partial charge in [-0.05, 0) is 35.4 Å². The maximum absolute atomic E-state index is 12.9. The van der Waals surface area contributed by atoms with Crippen LogP contribution in [0.4, 0.5) is 19.7 Å². The smallest absolute Gasteiger partial charge is 0.407 e. The molecule has 1 atom stereocenters. The van der Waals surface area contributed by atoms with E-state index in [4.69, 9.17) is 9.84 Å². The van der Waals surface area contributed by atoms with Crippen molar-refractivity contribution in [1.29, 1.82) is 0 Å². The molecule has 1 heterocycles. The number of carbonyl (C=O) groups is 2. The first-order chi connectivity index (χ1) is 13.0. The number of benzene rings is 2. The van der Waals surface area contributed by atoms with Crippen molar-refractivity contribution in [2.75, 3.05) is 25.0 Å². The number of morpholine rings is 1. The van der Waals surface area contributed by atoms with Crippen molar-refractivity contribution >= 4 is 17.8 Å². The topological polar surface area (TPSA) is 90.9 Å². The maximum atomic E-state index is 12.9. The van der Waals surface area contributed by atoms with E-state index >= 15 is 0 Å². The molecule has 1 aliphatic rings. The van der Waals surface area contributed by atoms with E-state index in [1.54, 1.807) is 36.4 Å². The Hall–Kier alpha value is -3.13. The number of urea groups is 1. The van der Waals surface area contributed by atoms with Crippen LogP contribution in [0, 0.1) is 5.82 Å². The Labute approximate surface area is 155 Å². The van der Waals surface area contributed by atoms with Gasteiger partial charge in [-0.15, -0.1) is 0 Å². The molecule has 7 nitrogen and oxygen atoms in total. The molecule has 142 valence electrons. The molecule has 0 aromatic heterocycles. The highest BCUT2D eigenvalue weighted by molar-refractivity contribution is 5.89. The molecular formula is C19H20FN3O4. The van der Waals surface area contributed by atoms with Crippen molar-refractivity contribution < 1.29 is 23.8 Å². The number of rotatable bonds is 4. The van der Waals surface area contributed by atoms with Gasteiger partial charge in [0.15, 0.2) is 0 Å². The van der Waals surface area contributed by atoms with Crippen LogP contribution in [0.25, 0.3) is 0 Å². The largest absolute Gasteiger partial charge is 0.465 e. The number of ether oxygens (including phenoxy) is 1. The van der Waals surface area contributed by atoms with Gasteiger partial charge in [-0.2, -0.15) is 0 Å². The first kappa shape index (κ1) is 18.7. The first-order valence-electron chi connectivity index (χ1n) is 8.50. The number of nitrogens with one attached hydrogen (secondary N) is 2. The Balaban J connectivity index is 1.51. The molecule has 0 radical (unpaired) electrons. The molecule has 0 aliphatic carbocycles. The summed E-state index contributed by atoms with van der Waals surface area (Å²) >= 11 is 0. The summed E-state index contributed by atoms with van der Waals surface area (Å²) in [4.78, 5) is 24.4. The molecule has 2 aromatic carbocycles. The predicted molar refractivity (Wildman–Crippen MR) is 97.0 cm³/mol. The van der Waals surface area contributed by atoms with Gasteiger partial charge in [0.25, 0.3) is 0 Å². The van der Waals surface area contributed by atoms with Crippen LogP contribution in [0.15, 0.2) is 48.5 Å². The number of carboxylic acid groups (broad SMARTS) is 1. The van der Waals surface area contributed by atoms with Crippen LogP contribution in [0.5, 0.6) is 0 Å².